The lowest BCUT2D eigenvalue weighted by Crippen LogP contribution is -2.55. The summed E-state index contributed by atoms with van der Waals surface area (Å²) in [7, 11) is 1.76. The summed E-state index contributed by atoms with van der Waals surface area (Å²) in [6.07, 6.45) is 7.66. The van der Waals surface area contributed by atoms with Crippen LogP contribution >= 0.6 is 0 Å². The molecule has 1 unspecified atom stereocenters. The first-order chi connectivity index (χ1) is 12.0. The predicted molar refractivity (Wildman–Crippen MR) is 93.5 cm³/mol. The molecule has 7 heteroatoms. The van der Waals surface area contributed by atoms with Crippen molar-refractivity contribution >= 4 is 12.0 Å². The summed E-state index contributed by atoms with van der Waals surface area (Å²) >= 11 is 0. The van der Waals surface area contributed by atoms with Gasteiger partial charge in [0.1, 0.15) is 0 Å². The number of carbonyl (C=O) groups excluding carboxylic acids is 1. The lowest BCUT2D eigenvalue weighted by atomic mass is 9.55. The SMILES string of the molecule is CN(CC(=O)O)CC1CN(C(=O)NCC2(C3CCC3)CCC2)CCO1. The number of amides is 2. The molecule has 3 aliphatic rings. The van der Waals surface area contributed by atoms with Gasteiger partial charge in [-0.15, -0.1) is 0 Å². The van der Waals surface area contributed by atoms with Gasteiger partial charge in [-0.25, -0.2) is 4.79 Å². The molecular weight excluding hydrogens is 322 g/mol. The highest BCUT2D eigenvalue weighted by atomic mass is 16.5. The highest BCUT2D eigenvalue weighted by molar-refractivity contribution is 5.74. The zero-order valence-corrected chi connectivity index (χ0v) is 15.2. The number of urea groups is 1. The molecule has 142 valence electrons. The highest BCUT2D eigenvalue weighted by Crippen LogP contribution is 2.53. The molecule has 0 aromatic heterocycles. The lowest BCUT2D eigenvalue weighted by molar-refractivity contribution is -0.138. The predicted octanol–water partition coefficient (Wildman–Crippen LogP) is 1.38. The number of nitrogens with one attached hydrogen (secondary N) is 1. The molecule has 1 aliphatic heterocycles. The van der Waals surface area contributed by atoms with Crippen molar-refractivity contribution in [3.05, 3.63) is 0 Å². The van der Waals surface area contributed by atoms with Crippen LogP contribution in [0.3, 0.4) is 0 Å². The molecule has 2 saturated carbocycles. The van der Waals surface area contributed by atoms with Gasteiger partial charge in [0.2, 0.25) is 0 Å². The van der Waals surface area contributed by atoms with Crippen molar-refractivity contribution in [2.24, 2.45) is 11.3 Å². The van der Waals surface area contributed by atoms with Gasteiger partial charge >= 0.3 is 12.0 Å². The van der Waals surface area contributed by atoms with Gasteiger partial charge in [-0.3, -0.25) is 9.69 Å². The number of carboxylic acids is 1. The zero-order chi connectivity index (χ0) is 17.9. The van der Waals surface area contributed by atoms with E-state index in [9.17, 15) is 9.59 Å². The molecule has 0 aromatic rings. The van der Waals surface area contributed by atoms with Crippen LogP contribution in [0.5, 0.6) is 0 Å². The maximum absolute atomic E-state index is 12.6. The summed E-state index contributed by atoms with van der Waals surface area (Å²) in [6.45, 7) is 2.93. The molecule has 3 rings (SSSR count). The summed E-state index contributed by atoms with van der Waals surface area (Å²) in [5.74, 6) is -0.0432. The second-order valence-electron chi connectivity index (χ2n) is 8.03. The first-order valence-electron chi connectivity index (χ1n) is 9.53. The Labute approximate surface area is 149 Å². The fourth-order valence-corrected chi connectivity index (χ4v) is 4.40. The van der Waals surface area contributed by atoms with Crippen molar-refractivity contribution in [2.75, 3.05) is 46.4 Å². The third-order valence-corrected chi connectivity index (χ3v) is 6.26. The van der Waals surface area contributed by atoms with Gasteiger partial charge in [-0.1, -0.05) is 12.8 Å². The first kappa shape index (κ1) is 18.5. The summed E-state index contributed by atoms with van der Waals surface area (Å²) < 4.78 is 5.70. The van der Waals surface area contributed by atoms with Crippen LogP contribution in [0, 0.1) is 11.3 Å². The highest BCUT2D eigenvalue weighted by Gasteiger charge is 2.46. The number of likely N-dealkylation sites (N-methyl/N-ethyl adjacent to an activating group) is 1. The number of ether oxygens (including phenoxy) is 1. The van der Waals surface area contributed by atoms with Crippen molar-refractivity contribution < 1.29 is 19.4 Å². The van der Waals surface area contributed by atoms with Crippen molar-refractivity contribution in [1.29, 1.82) is 0 Å². The number of carboxylic acid groups (broad SMARTS) is 1. The van der Waals surface area contributed by atoms with Gasteiger partial charge in [0.25, 0.3) is 0 Å². The average Bonchev–Trinajstić information content (AvgIpc) is 2.46. The third kappa shape index (κ3) is 4.44. The van der Waals surface area contributed by atoms with Gasteiger partial charge in [-0.2, -0.15) is 0 Å². The van der Waals surface area contributed by atoms with E-state index in [1.807, 2.05) is 4.90 Å². The number of carbonyl (C=O) groups is 2. The van der Waals surface area contributed by atoms with E-state index in [0.717, 1.165) is 12.5 Å². The smallest absolute Gasteiger partial charge is 0.317 e. The molecule has 0 spiro atoms. The average molecular weight is 353 g/mol. The molecule has 25 heavy (non-hydrogen) atoms. The van der Waals surface area contributed by atoms with Crippen LogP contribution in [0.2, 0.25) is 0 Å². The second kappa shape index (κ2) is 7.91. The number of rotatable bonds is 7. The van der Waals surface area contributed by atoms with Gasteiger partial charge < -0.3 is 20.1 Å². The van der Waals surface area contributed by atoms with Crippen LogP contribution in [0.25, 0.3) is 0 Å². The molecule has 1 heterocycles. The van der Waals surface area contributed by atoms with Crippen LogP contribution in [-0.2, 0) is 9.53 Å². The number of aliphatic carboxylic acids is 1. The summed E-state index contributed by atoms with van der Waals surface area (Å²) in [4.78, 5) is 26.9. The minimum atomic E-state index is -0.852. The third-order valence-electron chi connectivity index (χ3n) is 6.26. The largest absolute Gasteiger partial charge is 0.480 e. The quantitative estimate of drug-likeness (QED) is 0.723. The Kier molecular flexibility index (Phi) is 5.84. The Balaban J connectivity index is 1.44. The van der Waals surface area contributed by atoms with Crippen LogP contribution in [0.4, 0.5) is 4.79 Å². The van der Waals surface area contributed by atoms with Crippen LogP contribution in [0.1, 0.15) is 38.5 Å². The Morgan fingerprint density at radius 3 is 2.64 bits per heavy atom. The Morgan fingerprint density at radius 1 is 1.32 bits per heavy atom. The van der Waals surface area contributed by atoms with E-state index in [0.29, 0.717) is 31.7 Å². The topological polar surface area (TPSA) is 82.1 Å². The molecule has 0 bridgehead atoms. The van der Waals surface area contributed by atoms with Gasteiger partial charge in [-0.05, 0) is 44.1 Å². The molecule has 0 radical (unpaired) electrons. The van der Waals surface area contributed by atoms with E-state index < -0.39 is 5.97 Å². The second-order valence-corrected chi connectivity index (χ2v) is 8.03. The minimum absolute atomic E-state index is 0.000198. The molecule has 0 aromatic carbocycles. The molecule has 2 N–H and O–H groups in total. The normalized spacial score (nSPS) is 26.0. The summed E-state index contributed by atoms with van der Waals surface area (Å²) in [6, 6.07) is -0.000198. The van der Waals surface area contributed by atoms with E-state index in [1.54, 1.807) is 11.9 Å². The Hall–Kier alpha value is -1.34. The number of morpholine rings is 1. The standard InChI is InChI=1S/C18H31N3O4/c1-20(12-16(22)23)10-15-11-21(8-9-25-15)17(24)19-13-18(6-3-7-18)14-4-2-5-14/h14-15H,2-13H2,1H3,(H,19,24)(H,22,23). The van der Waals surface area contributed by atoms with E-state index in [2.05, 4.69) is 5.32 Å². The van der Waals surface area contributed by atoms with Crippen LogP contribution in [0.15, 0.2) is 0 Å². The van der Waals surface area contributed by atoms with Crippen molar-refractivity contribution in [1.82, 2.24) is 15.1 Å². The Bertz CT molecular complexity index is 491. The van der Waals surface area contributed by atoms with Gasteiger partial charge in [0, 0.05) is 26.2 Å². The van der Waals surface area contributed by atoms with Crippen molar-refractivity contribution in [3.8, 4) is 0 Å². The van der Waals surface area contributed by atoms with Crippen LogP contribution < -0.4 is 5.32 Å². The molecule has 3 fully saturated rings. The Morgan fingerprint density at radius 2 is 2.08 bits per heavy atom. The number of hydrogen-bond donors (Lipinski definition) is 2. The monoisotopic (exact) mass is 353 g/mol. The molecule has 7 nitrogen and oxygen atoms in total. The van der Waals surface area contributed by atoms with E-state index >= 15 is 0 Å². The molecule has 2 aliphatic carbocycles. The van der Waals surface area contributed by atoms with E-state index in [-0.39, 0.29) is 18.7 Å². The number of nitrogens with zero attached hydrogens (tertiary/aromatic N) is 2. The fourth-order valence-electron chi connectivity index (χ4n) is 4.40. The molecule has 2 amide bonds. The van der Waals surface area contributed by atoms with Gasteiger partial charge in [0.15, 0.2) is 0 Å². The fraction of sp³-hybridized carbons (Fsp3) is 0.889. The zero-order valence-electron chi connectivity index (χ0n) is 15.2. The van der Waals surface area contributed by atoms with Crippen molar-refractivity contribution in [2.45, 2.75) is 44.6 Å². The van der Waals surface area contributed by atoms with E-state index in [4.69, 9.17) is 9.84 Å². The maximum atomic E-state index is 12.6. The lowest BCUT2D eigenvalue weighted by Gasteiger charge is -2.52. The maximum Gasteiger partial charge on any atom is 0.317 e. The minimum Gasteiger partial charge on any atom is -0.480 e. The van der Waals surface area contributed by atoms with Gasteiger partial charge in [0.05, 0.1) is 19.3 Å². The van der Waals surface area contributed by atoms with Crippen molar-refractivity contribution in [3.63, 3.8) is 0 Å². The molecule has 1 atom stereocenters. The molecule has 1 saturated heterocycles. The first-order valence-corrected chi connectivity index (χ1v) is 9.53. The summed E-state index contributed by atoms with van der Waals surface area (Å²) in [5, 5.41) is 12.0. The van der Waals surface area contributed by atoms with E-state index in [1.165, 1.54) is 38.5 Å². The van der Waals surface area contributed by atoms with Crippen LogP contribution in [-0.4, -0.2) is 79.4 Å². The number of hydrogen-bond acceptors (Lipinski definition) is 4. The molecular formula is C18H31N3O4. The summed E-state index contributed by atoms with van der Waals surface area (Å²) in [5.41, 5.74) is 0.362.